The number of anilines is 1. The predicted molar refractivity (Wildman–Crippen MR) is 91.9 cm³/mol. The van der Waals surface area contributed by atoms with E-state index in [4.69, 9.17) is 4.74 Å². The molecule has 2 aromatic carbocycles. The molecule has 6 heteroatoms. The van der Waals surface area contributed by atoms with Gasteiger partial charge in [0.2, 0.25) is 0 Å². The van der Waals surface area contributed by atoms with E-state index in [2.05, 4.69) is 5.32 Å². The quantitative estimate of drug-likeness (QED) is 0.724. The first-order chi connectivity index (χ1) is 11.6. The summed E-state index contributed by atoms with van der Waals surface area (Å²) < 4.78 is 19.5. The highest BCUT2D eigenvalue weighted by Crippen LogP contribution is 2.30. The van der Waals surface area contributed by atoms with Crippen molar-refractivity contribution in [2.24, 2.45) is 0 Å². The molecule has 0 radical (unpaired) electrons. The van der Waals surface area contributed by atoms with Crippen LogP contribution in [0.25, 0.3) is 10.1 Å². The number of thiophene rings is 1. The molecule has 4 nitrogen and oxygen atoms in total. The number of fused-ring (bicyclic) bond motifs is 1. The van der Waals surface area contributed by atoms with Gasteiger partial charge in [-0.05, 0) is 36.1 Å². The van der Waals surface area contributed by atoms with Gasteiger partial charge in [0.25, 0.3) is 5.91 Å². The van der Waals surface area contributed by atoms with Gasteiger partial charge in [-0.15, -0.1) is 11.3 Å². The van der Waals surface area contributed by atoms with E-state index in [0.29, 0.717) is 4.88 Å². The molecule has 122 valence electrons. The number of nitrogens with one attached hydrogen (secondary N) is 1. The van der Waals surface area contributed by atoms with Crippen molar-refractivity contribution < 1.29 is 18.7 Å². The molecule has 0 spiro atoms. The fourth-order valence-electron chi connectivity index (χ4n) is 2.31. The molecular formula is C18H14FNO3S. The number of hydrogen-bond donors (Lipinski definition) is 1. The number of halogens is 1. The van der Waals surface area contributed by atoms with Gasteiger partial charge in [-0.1, -0.05) is 30.3 Å². The number of para-hydroxylation sites is 1. The largest absolute Gasteiger partial charge is 0.451 e. The molecule has 3 aromatic rings. The Morgan fingerprint density at radius 3 is 2.58 bits per heavy atom. The number of hydrogen-bond acceptors (Lipinski definition) is 4. The van der Waals surface area contributed by atoms with Gasteiger partial charge in [-0.3, -0.25) is 4.79 Å². The molecule has 0 aliphatic rings. The molecule has 0 unspecified atom stereocenters. The molecule has 24 heavy (non-hydrogen) atoms. The second-order valence-electron chi connectivity index (χ2n) is 5.16. The Labute approximate surface area is 141 Å². The molecular weight excluding hydrogens is 329 g/mol. The molecule has 1 aromatic heterocycles. The predicted octanol–water partition coefficient (Wildman–Crippen LogP) is 4.14. The van der Waals surface area contributed by atoms with E-state index in [9.17, 15) is 14.0 Å². The lowest BCUT2D eigenvalue weighted by molar-refractivity contribution is -0.119. The van der Waals surface area contributed by atoms with Gasteiger partial charge >= 0.3 is 5.97 Å². The van der Waals surface area contributed by atoms with Crippen LogP contribution in [0, 0.1) is 12.7 Å². The van der Waals surface area contributed by atoms with E-state index < -0.39 is 24.3 Å². The zero-order valence-electron chi connectivity index (χ0n) is 12.8. The summed E-state index contributed by atoms with van der Waals surface area (Å²) in [6.07, 6.45) is 0. The van der Waals surface area contributed by atoms with Gasteiger partial charge < -0.3 is 10.1 Å². The second kappa shape index (κ2) is 6.80. The molecule has 0 bridgehead atoms. The maximum Gasteiger partial charge on any atom is 0.349 e. The van der Waals surface area contributed by atoms with Crippen LogP contribution >= 0.6 is 11.3 Å². The average molecular weight is 343 g/mol. The third-order valence-electron chi connectivity index (χ3n) is 3.51. The van der Waals surface area contributed by atoms with Crippen LogP contribution in [-0.4, -0.2) is 18.5 Å². The van der Waals surface area contributed by atoms with Gasteiger partial charge in [0.15, 0.2) is 6.61 Å². The van der Waals surface area contributed by atoms with Crippen LogP contribution in [0.2, 0.25) is 0 Å². The first-order valence-corrected chi connectivity index (χ1v) is 8.07. The molecule has 3 rings (SSSR count). The maximum absolute atomic E-state index is 13.5. The van der Waals surface area contributed by atoms with Gasteiger partial charge in [-0.25, -0.2) is 9.18 Å². The summed E-state index contributed by atoms with van der Waals surface area (Å²) in [6.45, 7) is 1.37. The summed E-state index contributed by atoms with van der Waals surface area (Å²) in [7, 11) is 0. The van der Waals surface area contributed by atoms with E-state index in [0.717, 1.165) is 15.6 Å². The topological polar surface area (TPSA) is 55.4 Å². The van der Waals surface area contributed by atoms with Crippen LogP contribution in [0.3, 0.4) is 0 Å². The van der Waals surface area contributed by atoms with E-state index in [1.807, 2.05) is 31.2 Å². The Bertz CT molecular complexity index is 920. The highest BCUT2D eigenvalue weighted by Gasteiger charge is 2.18. The fraction of sp³-hybridized carbons (Fsp3) is 0.111. The van der Waals surface area contributed by atoms with Crippen molar-refractivity contribution in [3.05, 3.63) is 64.8 Å². The SMILES string of the molecule is Cc1c(C(=O)OCC(=O)Nc2ccccc2F)sc2ccccc12. The molecule has 0 saturated heterocycles. The molecule has 1 heterocycles. The maximum atomic E-state index is 13.5. The van der Waals surface area contributed by atoms with Gasteiger partial charge in [0, 0.05) is 4.70 Å². The van der Waals surface area contributed by atoms with Gasteiger partial charge in [0.05, 0.1) is 5.69 Å². The van der Waals surface area contributed by atoms with Crippen molar-refractivity contribution in [1.82, 2.24) is 0 Å². The zero-order chi connectivity index (χ0) is 17.1. The molecule has 1 N–H and O–H groups in total. The summed E-state index contributed by atoms with van der Waals surface area (Å²) in [5.41, 5.74) is 0.881. The van der Waals surface area contributed by atoms with Crippen LogP contribution < -0.4 is 5.32 Å². The summed E-state index contributed by atoms with van der Waals surface area (Å²) in [4.78, 5) is 24.5. The van der Waals surface area contributed by atoms with Crippen molar-refractivity contribution in [2.75, 3.05) is 11.9 Å². The number of amides is 1. The summed E-state index contributed by atoms with van der Waals surface area (Å²) >= 11 is 1.32. The third-order valence-corrected chi connectivity index (χ3v) is 4.76. The Morgan fingerprint density at radius 1 is 1.12 bits per heavy atom. The normalized spacial score (nSPS) is 10.6. The third kappa shape index (κ3) is 3.28. The van der Waals surface area contributed by atoms with E-state index in [1.165, 1.54) is 29.5 Å². The monoisotopic (exact) mass is 343 g/mol. The average Bonchev–Trinajstić information content (AvgIpc) is 2.92. The fourth-order valence-corrected chi connectivity index (χ4v) is 3.42. The Hall–Kier alpha value is -2.73. The summed E-state index contributed by atoms with van der Waals surface area (Å²) in [5.74, 6) is -1.69. The molecule has 0 saturated carbocycles. The molecule has 0 atom stereocenters. The minimum absolute atomic E-state index is 0.0524. The highest BCUT2D eigenvalue weighted by atomic mass is 32.1. The van der Waals surface area contributed by atoms with Crippen molar-refractivity contribution in [3.63, 3.8) is 0 Å². The zero-order valence-corrected chi connectivity index (χ0v) is 13.7. The van der Waals surface area contributed by atoms with E-state index in [1.54, 1.807) is 6.07 Å². The smallest absolute Gasteiger partial charge is 0.349 e. The second-order valence-corrected chi connectivity index (χ2v) is 6.21. The van der Waals surface area contributed by atoms with Crippen LogP contribution in [-0.2, 0) is 9.53 Å². The number of rotatable bonds is 4. The minimum Gasteiger partial charge on any atom is -0.451 e. The number of ether oxygens (including phenoxy) is 1. The highest BCUT2D eigenvalue weighted by molar-refractivity contribution is 7.21. The number of esters is 1. The first-order valence-electron chi connectivity index (χ1n) is 7.26. The Kier molecular flexibility index (Phi) is 4.57. The lowest BCUT2D eigenvalue weighted by Gasteiger charge is -2.07. The molecule has 0 aliphatic heterocycles. The number of carbonyl (C=O) groups is 2. The van der Waals surface area contributed by atoms with E-state index >= 15 is 0 Å². The van der Waals surface area contributed by atoms with Crippen molar-refractivity contribution >= 4 is 39.0 Å². The van der Waals surface area contributed by atoms with Crippen molar-refractivity contribution in [1.29, 1.82) is 0 Å². The Balaban J connectivity index is 1.65. The van der Waals surface area contributed by atoms with Crippen molar-refractivity contribution in [3.8, 4) is 0 Å². The lowest BCUT2D eigenvalue weighted by atomic mass is 10.1. The van der Waals surface area contributed by atoms with Crippen LogP contribution in [0.4, 0.5) is 10.1 Å². The van der Waals surface area contributed by atoms with Crippen LogP contribution in [0.1, 0.15) is 15.2 Å². The van der Waals surface area contributed by atoms with Crippen molar-refractivity contribution in [2.45, 2.75) is 6.92 Å². The lowest BCUT2D eigenvalue weighted by Crippen LogP contribution is -2.21. The van der Waals surface area contributed by atoms with Crippen LogP contribution in [0.5, 0.6) is 0 Å². The molecule has 0 fully saturated rings. The number of aryl methyl sites for hydroxylation is 1. The van der Waals surface area contributed by atoms with Gasteiger partial charge in [-0.2, -0.15) is 0 Å². The van der Waals surface area contributed by atoms with Crippen LogP contribution in [0.15, 0.2) is 48.5 Å². The number of carbonyl (C=O) groups excluding carboxylic acids is 2. The number of benzene rings is 2. The van der Waals surface area contributed by atoms with Gasteiger partial charge in [0.1, 0.15) is 10.7 Å². The summed E-state index contributed by atoms with van der Waals surface area (Å²) in [6, 6.07) is 13.5. The summed E-state index contributed by atoms with van der Waals surface area (Å²) in [5, 5.41) is 3.36. The standard InChI is InChI=1S/C18H14FNO3S/c1-11-12-6-2-5-9-15(12)24-17(11)18(22)23-10-16(21)20-14-8-4-3-7-13(14)19/h2-9H,10H2,1H3,(H,20,21). The minimum atomic E-state index is -0.591. The van der Waals surface area contributed by atoms with E-state index in [-0.39, 0.29) is 5.69 Å². The molecule has 1 amide bonds. The first kappa shape index (κ1) is 16.1. The molecule has 0 aliphatic carbocycles. The Morgan fingerprint density at radius 2 is 1.83 bits per heavy atom.